The third kappa shape index (κ3) is 5.17. The molecule has 0 radical (unpaired) electrons. The van der Waals surface area contributed by atoms with Gasteiger partial charge in [-0.3, -0.25) is 4.79 Å². The number of anilines is 1. The number of nitrogens with zero attached hydrogens (tertiary/aromatic N) is 2. The fourth-order valence-electron chi connectivity index (χ4n) is 2.25. The topological polar surface area (TPSA) is 95.1 Å². The number of methoxy groups -OCH3 is 1. The zero-order valence-electron chi connectivity index (χ0n) is 15.0. The van der Waals surface area contributed by atoms with Gasteiger partial charge in [-0.15, -0.1) is 0 Å². The largest absolute Gasteiger partial charge is 0.493 e. The summed E-state index contributed by atoms with van der Waals surface area (Å²) in [5, 5.41) is 21.3. The molecule has 1 N–H and O–H groups in total. The number of rotatable bonds is 6. The summed E-state index contributed by atoms with van der Waals surface area (Å²) in [6.45, 7) is 1.64. The second kappa shape index (κ2) is 9.66. The van der Waals surface area contributed by atoms with Crippen molar-refractivity contribution < 1.29 is 14.3 Å². The van der Waals surface area contributed by atoms with E-state index in [1.165, 1.54) is 19.3 Å². The predicted octanol–water partition coefficient (Wildman–Crippen LogP) is 4.76. The van der Waals surface area contributed by atoms with Crippen molar-refractivity contribution in [2.45, 2.75) is 6.92 Å². The highest BCUT2D eigenvalue weighted by Gasteiger charge is 2.14. The van der Waals surface area contributed by atoms with Crippen molar-refractivity contribution in [1.29, 1.82) is 10.5 Å². The number of aryl methyl sites for hydroxylation is 1. The first-order chi connectivity index (χ1) is 13.4. The van der Waals surface area contributed by atoms with Gasteiger partial charge >= 0.3 is 0 Å². The number of ether oxygens (including phenoxy) is 2. The van der Waals surface area contributed by atoms with Gasteiger partial charge in [0.1, 0.15) is 17.7 Å². The first-order valence-corrected chi connectivity index (χ1v) is 8.71. The molecule has 0 unspecified atom stereocenters. The molecule has 0 spiro atoms. The van der Waals surface area contributed by atoms with Crippen LogP contribution in [0, 0.1) is 29.6 Å². The third-order valence-electron chi connectivity index (χ3n) is 3.64. The van der Waals surface area contributed by atoms with E-state index in [4.69, 9.17) is 37.9 Å². The number of hydrogen-bond donors (Lipinski definition) is 1. The molecule has 1 amide bonds. The van der Waals surface area contributed by atoms with Crippen molar-refractivity contribution in [2.24, 2.45) is 0 Å². The molecule has 2 rings (SSSR count). The molecule has 28 heavy (non-hydrogen) atoms. The van der Waals surface area contributed by atoms with E-state index in [-0.39, 0.29) is 28.7 Å². The number of benzene rings is 2. The molecule has 0 heterocycles. The van der Waals surface area contributed by atoms with Crippen LogP contribution in [-0.2, 0) is 4.79 Å². The highest BCUT2D eigenvalue weighted by molar-refractivity contribution is 6.32. The van der Waals surface area contributed by atoms with Gasteiger partial charge in [-0.25, -0.2) is 0 Å². The maximum Gasteiger partial charge on any atom is 0.266 e. The van der Waals surface area contributed by atoms with Crippen molar-refractivity contribution in [3.8, 4) is 23.6 Å². The SMILES string of the molecule is COc1cc(/C=C(/C#N)C(=O)Nc2ccc(C)c(Cl)c2)cc(Cl)c1OCC#N. The molecule has 2 aromatic carbocycles. The van der Waals surface area contributed by atoms with Crippen molar-refractivity contribution in [1.82, 2.24) is 0 Å². The second-order valence-corrected chi connectivity index (χ2v) is 6.38. The van der Waals surface area contributed by atoms with Crippen LogP contribution in [0.3, 0.4) is 0 Å². The first-order valence-electron chi connectivity index (χ1n) is 7.96. The van der Waals surface area contributed by atoms with Gasteiger partial charge < -0.3 is 14.8 Å². The monoisotopic (exact) mass is 415 g/mol. The fourth-order valence-corrected chi connectivity index (χ4v) is 2.71. The van der Waals surface area contributed by atoms with Crippen LogP contribution in [0.25, 0.3) is 6.08 Å². The van der Waals surface area contributed by atoms with E-state index < -0.39 is 5.91 Å². The van der Waals surface area contributed by atoms with Crippen LogP contribution >= 0.6 is 23.2 Å². The fraction of sp³-hybridized carbons (Fsp3) is 0.150. The molecule has 0 saturated carbocycles. The van der Waals surface area contributed by atoms with Gasteiger partial charge in [0.25, 0.3) is 5.91 Å². The maximum atomic E-state index is 12.4. The van der Waals surface area contributed by atoms with E-state index in [9.17, 15) is 10.1 Å². The molecule has 0 aromatic heterocycles. The van der Waals surface area contributed by atoms with E-state index >= 15 is 0 Å². The summed E-state index contributed by atoms with van der Waals surface area (Å²) in [7, 11) is 1.41. The molecule has 142 valence electrons. The average Bonchev–Trinajstić information content (AvgIpc) is 2.67. The van der Waals surface area contributed by atoms with Crippen LogP contribution < -0.4 is 14.8 Å². The lowest BCUT2D eigenvalue weighted by molar-refractivity contribution is -0.112. The number of halogens is 2. The van der Waals surface area contributed by atoms with Crippen LogP contribution in [0.1, 0.15) is 11.1 Å². The van der Waals surface area contributed by atoms with Crippen molar-refractivity contribution >= 4 is 40.9 Å². The zero-order valence-corrected chi connectivity index (χ0v) is 16.6. The minimum Gasteiger partial charge on any atom is -0.493 e. The summed E-state index contributed by atoms with van der Waals surface area (Å²) in [5.41, 5.74) is 1.66. The molecule has 0 fully saturated rings. The number of hydrogen-bond acceptors (Lipinski definition) is 5. The lowest BCUT2D eigenvalue weighted by Gasteiger charge is -2.11. The van der Waals surface area contributed by atoms with Crippen molar-refractivity contribution in [3.63, 3.8) is 0 Å². The average molecular weight is 416 g/mol. The number of amides is 1. The Morgan fingerprint density at radius 2 is 1.96 bits per heavy atom. The maximum absolute atomic E-state index is 12.4. The third-order valence-corrected chi connectivity index (χ3v) is 4.33. The minimum absolute atomic E-state index is 0.138. The van der Waals surface area contributed by atoms with Gasteiger partial charge in [0.2, 0.25) is 0 Å². The Bertz CT molecular complexity index is 1020. The Kier molecular flexibility index (Phi) is 7.28. The van der Waals surface area contributed by atoms with Crippen molar-refractivity contribution in [2.75, 3.05) is 19.0 Å². The van der Waals surface area contributed by atoms with Gasteiger partial charge in [-0.1, -0.05) is 29.3 Å². The van der Waals surface area contributed by atoms with Gasteiger partial charge in [-0.05, 0) is 48.4 Å². The Labute approximate surface area is 172 Å². The molecule has 0 aliphatic carbocycles. The molecule has 0 bridgehead atoms. The van der Waals surface area contributed by atoms with Crippen LogP contribution in [0.2, 0.25) is 10.0 Å². The van der Waals surface area contributed by atoms with Gasteiger partial charge in [-0.2, -0.15) is 10.5 Å². The summed E-state index contributed by atoms with van der Waals surface area (Å²) in [6, 6.07) is 11.8. The molecule has 8 heteroatoms. The Balaban J connectivity index is 2.31. The predicted molar refractivity (Wildman–Crippen MR) is 108 cm³/mol. The smallest absolute Gasteiger partial charge is 0.266 e. The quantitative estimate of drug-likeness (QED) is 0.541. The van der Waals surface area contributed by atoms with Gasteiger partial charge in [0, 0.05) is 10.7 Å². The van der Waals surface area contributed by atoms with Crippen LogP contribution in [0.5, 0.6) is 11.5 Å². The first kappa shape index (κ1) is 21.1. The summed E-state index contributed by atoms with van der Waals surface area (Å²) >= 11 is 12.2. The van der Waals surface area contributed by atoms with Gasteiger partial charge in [0.15, 0.2) is 18.1 Å². The van der Waals surface area contributed by atoms with Crippen LogP contribution in [0.15, 0.2) is 35.9 Å². The molecule has 0 atom stereocenters. The van der Waals surface area contributed by atoms with Gasteiger partial charge in [0.05, 0.1) is 12.1 Å². The Hall–Kier alpha value is -3.19. The van der Waals surface area contributed by atoms with E-state index in [1.54, 1.807) is 24.3 Å². The normalized spacial score (nSPS) is 10.6. The molecular weight excluding hydrogens is 401 g/mol. The standard InChI is InChI=1S/C20H15Cl2N3O3/c1-12-3-4-15(10-16(12)21)25-20(26)14(11-24)7-13-8-17(22)19(28-6-5-23)18(9-13)27-2/h3-4,7-10H,6H2,1-2H3,(H,25,26)/b14-7-. The van der Waals surface area contributed by atoms with E-state index in [0.29, 0.717) is 16.3 Å². The Morgan fingerprint density at radius 3 is 2.57 bits per heavy atom. The number of nitrogens with one attached hydrogen (secondary N) is 1. The lowest BCUT2D eigenvalue weighted by Crippen LogP contribution is -2.13. The van der Waals surface area contributed by atoms with Crippen LogP contribution in [-0.4, -0.2) is 19.6 Å². The van der Waals surface area contributed by atoms with E-state index in [2.05, 4.69) is 5.32 Å². The lowest BCUT2D eigenvalue weighted by atomic mass is 10.1. The summed E-state index contributed by atoms with van der Waals surface area (Å²) in [5.74, 6) is -0.112. The summed E-state index contributed by atoms with van der Waals surface area (Å²) in [4.78, 5) is 12.4. The van der Waals surface area contributed by atoms with Crippen LogP contribution in [0.4, 0.5) is 5.69 Å². The number of nitriles is 2. The molecule has 2 aromatic rings. The second-order valence-electron chi connectivity index (χ2n) is 5.57. The zero-order chi connectivity index (χ0) is 20.7. The number of carbonyl (C=O) groups excluding carboxylic acids is 1. The molecular formula is C20H15Cl2N3O3. The van der Waals surface area contributed by atoms with E-state index in [0.717, 1.165) is 5.56 Å². The minimum atomic E-state index is -0.595. The molecule has 0 aliphatic rings. The number of carbonyl (C=O) groups is 1. The van der Waals surface area contributed by atoms with E-state index in [1.807, 2.05) is 19.1 Å². The molecule has 0 aliphatic heterocycles. The van der Waals surface area contributed by atoms with Crippen molar-refractivity contribution in [3.05, 3.63) is 57.1 Å². The summed E-state index contributed by atoms with van der Waals surface area (Å²) < 4.78 is 10.5. The molecule has 6 nitrogen and oxygen atoms in total. The highest BCUT2D eigenvalue weighted by atomic mass is 35.5. The Morgan fingerprint density at radius 1 is 1.21 bits per heavy atom. The highest BCUT2D eigenvalue weighted by Crippen LogP contribution is 2.37. The summed E-state index contributed by atoms with van der Waals surface area (Å²) in [6.07, 6.45) is 1.37. The molecule has 0 saturated heterocycles.